The number of sulfone groups is 1. The lowest BCUT2D eigenvalue weighted by Crippen LogP contribution is -2.05. The monoisotopic (exact) mass is 463 g/mol. The van der Waals surface area contributed by atoms with E-state index >= 15 is 0 Å². The molecule has 0 saturated carbocycles. The molecule has 9 heteroatoms. The molecule has 31 heavy (non-hydrogen) atoms. The number of nitrogens with zero attached hydrogens (tertiary/aromatic N) is 1. The first-order chi connectivity index (χ1) is 14.7. The zero-order valence-corrected chi connectivity index (χ0v) is 17.8. The Kier molecular flexibility index (Phi) is 5.49. The van der Waals surface area contributed by atoms with Gasteiger partial charge in [-0.05, 0) is 40.6 Å². The molecule has 0 unspecified atom stereocenters. The van der Waals surface area contributed by atoms with Gasteiger partial charge in [0.2, 0.25) is 0 Å². The summed E-state index contributed by atoms with van der Waals surface area (Å²) < 4.78 is 70.0. The third-order valence-corrected chi connectivity index (χ3v) is 7.41. The van der Waals surface area contributed by atoms with Gasteiger partial charge in [0.05, 0.1) is 17.6 Å². The van der Waals surface area contributed by atoms with Crippen molar-refractivity contribution >= 4 is 31.9 Å². The van der Waals surface area contributed by atoms with Crippen LogP contribution in [0.2, 0.25) is 0 Å². The molecule has 0 aliphatic carbocycles. The van der Waals surface area contributed by atoms with Crippen LogP contribution in [0.1, 0.15) is 10.6 Å². The molecule has 160 valence electrons. The molecule has 0 N–H and O–H groups in total. The molecule has 0 fully saturated rings. The zero-order chi connectivity index (χ0) is 22.2. The van der Waals surface area contributed by atoms with Gasteiger partial charge in [-0.3, -0.25) is 0 Å². The normalized spacial score (nSPS) is 12.3. The van der Waals surface area contributed by atoms with Crippen molar-refractivity contribution in [2.75, 3.05) is 7.11 Å². The molecule has 0 amide bonds. The topological polar surface area (TPSA) is 56.3 Å². The van der Waals surface area contributed by atoms with E-state index in [1.807, 2.05) is 0 Å². The molecule has 4 nitrogen and oxygen atoms in total. The number of rotatable bonds is 5. The predicted octanol–water partition coefficient (Wildman–Crippen LogP) is 5.96. The highest BCUT2D eigenvalue weighted by atomic mass is 32.2. The van der Waals surface area contributed by atoms with Gasteiger partial charge in [0, 0.05) is 17.1 Å². The van der Waals surface area contributed by atoms with Crippen molar-refractivity contribution in [3.05, 3.63) is 76.7 Å². The van der Waals surface area contributed by atoms with Crippen LogP contribution >= 0.6 is 11.3 Å². The number of methoxy groups -OCH3 is 1. The molecule has 4 aromatic rings. The third-order valence-electron chi connectivity index (χ3n) is 4.83. The molecule has 0 aliphatic heterocycles. The molecule has 0 bridgehead atoms. The lowest BCUT2D eigenvalue weighted by Gasteiger charge is -2.15. The first-order valence-electron chi connectivity index (χ1n) is 9.08. The Hall–Kier alpha value is -2.91. The molecular formula is C22H16F3NO3S2. The lowest BCUT2D eigenvalue weighted by molar-refractivity contribution is -0.137. The van der Waals surface area contributed by atoms with Gasteiger partial charge < -0.3 is 4.74 Å². The van der Waals surface area contributed by atoms with Crippen molar-refractivity contribution in [2.45, 2.75) is 16.8 Å². The second-order valence-corrected chi connectivity index (χ2v) is 9.75. The van der Waals surface area contributed by atoms with Crippen LogP contribution in [0.25, 0.3) is 21.9 Å². The fourth-order valence-corrected chi connectivity index (χ4v) is 5.64. The van der Waals surface area contributed by atoms with Crippen LogP contribution in [0.4, 0.5) is 13.2 Å². The van der Waals surface area contributed by atoms with E-state index in [9.17, 15) is 21.6 Å². The zero-order valence-electron chi connectivity index (χ0n) is 16.2. The maximum atomic E-state index is 13.1. The number of hydrogen-bond acceptors (Lipinski definition) is 5. The number of ether oxygens (including phenoxy) is 1. The maximum Gasteiger partial charge on any atom is 0.416 e. The van der Waals surface area contributed by atoms with Crippen LogP contribution < -0.4 is 4.74 Å². The Morgan fingerprint density at radius 1 is 1.03 bits per heavy atom. The summed E-state index contributed by atoms with van der Waals surface area (Å²) in [7, 11) is -2.28. The molecule has 0 spiro atoms. The first kappa shape index (κ1) is 21.3. The summed E-state index contributed by atoms with van der Waals surface area (Å²) in [6.45, 7) is 0. The highest BCUT2D eigenvalue weighted by molar-refractivity contribution is 7.90. The lowest BCUT2D eigenvalue weighted by atomic mass is 9.96. The molecule has 3 aromatic carbocycles. The Balaban J connectivity index is 1.79. The molecule has 4 rings (SSSR count). The van der Waals surface area contributed by atoms with Crippen molar-refractivity contribution in [2.24, 2.45) is 0 Å². The van der Waals surface area contributed by atoms with E-state index in [0.717, 1.165) is 12.1 Å². The van der Waals surface area contributed by atoms with Crippen molar-refractivity contribution in [3.63, 3.8) is 0 Å². The van der Waals surface area contributed by atoms with E-state index in [1.54, 1.807) is 41.9 Å². The van der Waals surface area contributed by atoms with Crippen LogP contribution in [0.5, 0.6) is 5.75 Å². The maximum absolute atomic E-state index is 13.1. The Morgan fingerprint density at radius 3 is 2.52 bits per heavy atom. The first-order valence-corrected chi connectivity index (χ1v) is 11.6. The van der Waals surface area contributed by atoms with Gasteiger partial charge in [-0.2, -0.15) is 13.2 Å². The van der Waals surface area contributed by atoms with E-state index < -0.39 is 21.6 Å². The van der Waals surface area contributed by atoms with Crippen molar-refractivity contribution in [3.8, 4) is 16.9 Å². The fourth-order valence-electron chi connectivity index (χ4n) is 3.35. The summed E-state index contributed by atoms with van der Waals surface area (Å²) in [4.78, 5) is 4.19. The Labute approximate surface area is 180 Å². The van der Waals surface area contributed by atoms with Gasteiger partial charge in [-0.1, -0.05) is 30.3 Å². The largest absolute Gasteiger partial charge is 0.496 e. The van der Waals surface area contributed by atoms with E-state index in [1.165, 1.54) is 30.6 Å². The summed E-state index contributed by atoms with van der Waals surface area (Å²) in [5.74, 6) is -0.106. The van der Waals surface area contributed by atoms with Crippen LogP contribution in [-0.2, 0) is 21.8 Å². The molecule has 0 aliphatic rings. The number of thiazole rings is 1. The summed E-state index contributed by atoms with van der Waals surface area (Å²) in [5.41, 5.74) is 0.329. The second-order valence-electron chi connectivity index (χ2n) is 6.79. The minimum atomic E-state index is -4.48. The second kappa shape index (κ2) is 7.97. The quantitative estimate of drug-likeness (QED) is 0.366. The molecule has 1 heterocycles. The number of aromatic nitrogens is 1. The minimum Gasteiger partial charge on any atom is -0.496 e. The Morgan fingerprint density at radius 2 is 1.84 bits per heavy atom. The van der Waals surface area contributed by atoms with E-state index in [-0.39, 0.29) is 16.4 Å². The van der Waals surface area contributed by atoms with Gasteiger partial charge in [-0.25, -0.2) is 13.4 Å². The molecule has 1 aromatic heterocycles. The SMILES string of the molecule is COc1cc(C(F)(F)F)ccc1-c1cccc2cc(S(=O)(=O)Cc3nccs3)ccc12. The molecule has 0 atom stereocenters. The summed E-state index contributed by atoms with van der Waals surface area (Å²) >= 11 is 1.27. The number of benzene rings is 3. The van der Waals surface area contributed by atoms with Gasteiger partial charge in [0.1, 0.15) is 16.5 Å². The Bertz CT molecular complexity index is 1350. The van der Waals surface area contributed by atoms with Crippen LogP contribution in [0.3, 0.4) is 0 Å². The van der Waals surface area contributed by atoms with Gasteiger partial charge in [0.15, 0.2) is 9.84 Å². The average Bonchev–Trinajstić information content (AvgIpc) is 3.24. The number of fused-ring (bicyclic) bond motifs is 1. The number of alkyl halides is 3. The van der Waals surface area contributed by atoms with Crippen molar-refractivity contribution in [1.29, 1.82) is 0 Å². The highest BCUT2D eigenvalue weighted by Gasteiger charge is 2.31. The van der Waals surface area contributed by atoms with Crippen molar-refractivity contribution < 1.29 is 26.3 Å². The standard InChI is InChI=1S/C22H16F3NO3S2/c1-29-20-12-15(22(23,24)25)5-7-19(20)18-4-2-3-14-11-16(6-8-17(14)18)31(27,28)13-21-26-9-10-30-21/h2-12H,13H2,1H3. The van der Waals surface area contributed by atoms with E-state index in [4.69, 9.17) is 4.74 Å². The number of hydrogen-bond donors (Lipinski definition) is 0. The summed E-state index contributed by atoms with van der Waals surface area (Å²) in [5, 5.41) is 3.58. The summed E-state index contributed by atoms with van der Waals surface area (Å²) in [6, 6.07) is 13.3. The molecule has 0 radical (unpaired) electrons. The van der Waals surface area contributed by atoms with Crippen molar-refractivity contribution in [1.82, 2.24) is 4.98 Å². The van der Waals surface area contributed by atoms with Crippen LogP contribution in [0, 0.1) is 0 Å². The molecular weight excluding hydrogens is 447 g/mol. The van der Waals surface area contributed by atoms with E-state index in [0.29, 0.717) is 26.9 Å². The average molecular weight is 464 g/mol. The van der Waals surface area contributed by atoms with Gasteiger partial charge >= 0.3 is 6.18 Å². The van der Waals surface area contributed by atoms with Gasteiger partial charge in [-0.15, -0.1) is 11.3 Å². The smallest absolute Gasteiger partial charge is 0.416 e. The van der Waals surface area contributed by atoms with E-state index in [2.05, 4.69) is 4.98 Å². The third kappa shape index (κ3) is 4.28. The predicted molar refractivity (Wildman–Crippen MR) is 114 cm³/mol. The van der Waals surface area contributed by atoms with Gasteiger partial charge in [0.25, 0.3) is 0 Å². The fraction of sp³-hybridized carbons (Fsp3) is 0.136. The number of halogens is 3. The summed E-state index contributed by atoms with van der Waals surface area (Å²) in [6.07, 6.45) is -2.93. The highest BCUT2D eigenvalue weighted by Crippen LogP contribution is 2.39. The van der Waals surface area contributed by atoms with Crippen LogP contribution in [-0.4, -0.2) is 20.5 Å². The molecule has 0 saturated heterocycles. The van der Waals surface area contributed by atoms with Crippen LogP contribution in [0.15, 0.2) is 71.1 Å². The minimum absolute atomic E-state index is 0.0859.